The normalized spacial score (nSPS) is 17.7. The SMILES string of the molecule is CC1(C)C(=C/C=C2\CCCC(/C=C/C3=[N+](CCCOC=O)c4ccccc4C3(C)C)=C2Oc2ccc(-c3ccccc3-c3ccccc3)cc2)N(CCCC(=O)O)c2ccccc21. The highest BCUT2D eigenvalue weighted by molar-refractivity contribution is 6.03. The van der Waals surface area contributed by atoms with Crippen molar-refractivity contribution in [3.8, 4) is 28.0 Å². The van der Waals surface area contributed by atoms with Crippen LogP contribution in [0.15, 0.2) is 174 Å². The van der Waals surface area contributed by atoms with Gasteiger partial charge in [-0.05, 0) is 109 Å². The molecule has 63 heavy (non-hydrogen) atoms. The van der Waals surface area contributed by atoms with Crippen LogP contribution in [0.25, 0.3) is 22.3 Å². The van der Waals surface area contributed by atoms with Crippen LogP contribution in [-0.4, -0.2) is 47.5 Å². The summed E-state index contributed by atoms with van der Waals surface area (Å²) >= 11 is 0. The molecule has 0 aromatic heterocycles. The van der Waals surface area contributed by atoms with Crippen molar-refractivity contribution in [2.45, 2.75) is 77.0 Å². The topological polar surface area (TPSA) is 79.1 Å². The van der Waals surface area contributed by atoms with Crippen LogP contribution in [0.2, 0.25) is 0 Å². The Morgan fingerprint density at radius 3 is 2.13 bits per heavy atom. The van der Waals surface area contributed by atoms with Crippen molar-refractivity contribution in [1.29, 1.82) is 0 Å². The number of rotatable bonds is 16. The first-order chi connectivity index (χ1) is 30.6. The first kappa shape index (κ1) is 42.9. The van der Waals surface area contributed by atoms with Crippen LogP contribution in [0.5, 0.6) is 5.75 Å². The maximum Gasteiger partial charge on any atom is 0.303 e. The number of hydrogen-bond acceptors (Lipinski definition) is 5. The lowest BCUT2D eigenvalue weighted by molar-refractivity contribution is -0.438. The van der Waals surface area contributed by atoms with Crippen LogP contribution in [0.3, 0.4) is 0 Å². The molecule has 0 saturated carbocycles. The van der Waals surface area contributed by atoms with Gasteiger partial charge in [0.15, 0.2) is 12.3 Å². The molecule has 0 amide bonds. The summed E-state index contributed by atoms with van der Waals surface area (Å²) in [7, 11) is 0. The Balaban J connectivity index is 1.20. The number of carbonyl (C=O) groups is 2. The van der Waals surface area contributed by atoms with E-state index in [0.717, 1.165) is 71.0 Å². The molecule has 2 heterocycles. The number of nitrogens with zero attached hydrogens (tertiary/aromatic N) is 2. The molecule has 5 aromatic carbocycles. The minimum absolute atomic E-state index is 0.116. The Kier molecular flexibility index (Phi) is 12.8. The molecule has 0 unspecified atom stereocenters. The molecule has 0 fully saturated rings. The van der Waals surface area contributed by atoms with Crippen molar-refractivity contribution in [3.63, 3.8) is 0 Å². The van der Waals surface area contributed by atoms with Crippen LogP contribution >= 0.6 is 0 Å². The first-order valence-corrected chi connectivity index (χ1v) is 22.2. The van der Waals surface area contributed by atoms with Gasteiger partial charge in [-0.15, -0.1) is 0 Å². The summed E-state index contributed by atoms with van der Waals surface area (Å²) in [5.41, 5.74) is 13.5. The van der Waals surface area contributed by atoms with Gasteiger partial charge in [-0.2, -0.15) is 4.58 Å². The second-order valence-corrected chi connectivity index (χ2v) is 17.6. The predicted octanol–water partition coefficient (Wildman–Crippen LogP) is 12.5. The molecule has 2 aliphatic heterocycles. The van der Waals surface area contributed by atoms with E-state index in [-0.39, 0.29) is 17.3 Å². The van der Waals surface area contributed by atoms with Gasteiger partial charge in [0, 0.05) is 53.9 Å². The molecule has 0 bridgehead atoms. The Bertz CT molecular complexity index is 2650. The Labute approximate surface area is 372 Å². The van der Waals surface area contributed by atoms with Gasteiger partial charge in [0.2, 0.25) is 5.69 Å². The molecule has 0 radical (unpaired) electrons. The van der Waals surface area contributed by atoms with Gasteiger partial charge in [0.1, 0.15) is 11.5 Å². The van der Waals surface area contributed by atoms with Crippen molar-refractivity contribution >= 4 is 29.5 Å². The molecule has 1 aliphatic carbocycles. The van der Waals surface area contributed by atoms with E-state index >= 15 is 0 Å². The molecular weight excluding hydrogens is 781 g/mol. The van der Waals surface area contributed by atoms with Crippen LogP contribution < -0.4 is 9.64 Å². The summed E-state index contributed by atoms with van der Waals surface area (Å²) in [6.45, 7) is 11.3. The lowest BCUT2D eigenvalue weighted by Crippen LogP contribution is -2.28. The Morgan fingerprint density at radius 2 is 1.40 bits per heavy atom. The third-order valence-corrected chi connectivity index (χ3v) is 12.8. The number of hydrogen-bond donors (Lipinski definition) is 1. The molecule has 0 spiro atoms. The average molecular weight is 838 g/mol. The monoisotopic (exact) mass is 837 g/mol. The highest BCUT2D eigenvalue weighted by Gasteiger charge is 2.44. The minimum Gasteiger partial charge on any atom is -0.481 e. The van der Waals surface area contributed by atoms with Crippen molar-refractivity contribution in [2.24, 2.45) is 0 Å². The average Bonchev–Trinajstić information content (AvgIpc) is 3.65. The Hall–Kier alpha value is -6.73. The number of aliphatic carboxylic acids is 1. The van der Waals surface area contributed by atoms with Gasteiger partial charge in [-0.25, -0.2) is 0 Å². The fourth-order valence-electron chi connectivity index (χ4n) is 9.64. The lowest BCUT2D eigenvalue weighted by atomic mass is 9.81. The van der Waals surface area contributed by atoms with Crippen molar-refractivity contribution in [3.05, 3.63) is 185 Å². The second-order valence-electron chi connectivity index (χ2n) is 17.6. The van der Waals surface area contributed by atoms with E-state index in [1.54, 1.807) is 0 Å². The fourth-order valence-corrected chi connectivity index (χ4v) is 9.64. The molecular formula is C56H57N2O5+. The van der Waals surface area contributed by atoms with Gasteiger partial charge in [0.25, 0.3) is 6.47 Å². The van der Waals surface area contributed by atoms with E-state index in [1.807, 2.05) is 6.07 Å². The van der Waals surface area contributed by atoms with E-state index in [0.29, 0.717) is 32.5 Å². The molecule has 5 aromatic rings. The molecule has 3 aliphatic rings. The van der Waals surface area contributed by atoms with Gasteiger partial charge in [-0.1, -0.05) is 123 Å². The number of carboxylic acid groups (broad SMARTS) is 1. The summed E-state index contributed by atoms with van der Waals surface area (Å²) in [6.07, 6.45) is 13.0. The lowest BCUT2D eigenvalue weighted by Gasteiger charge is -2.27. The van der Waals surface area contributed by atoms with Crippen molar-refractivity contribution in [1.82, 2.24) is 0 Å². The van der Waals surface area contributed by atoms with Crippen molar-refractivity contribution in [2.75, 3.05) is 24.6 Å². The first-order valence-electron chi connectivity index (χ1n) is 22.2. The van der Waals surface area contributed by atoms with E-state index in [2.05, 4.69) is 183 Å². The third-order valence-electron chi connectivity index (χ3n) is 12.8. The van der Waals surface area contributed by atoms with E-state index in [1.165, 1.54) is 33.7 Å². The number of fused-ring (bicyclic) bond motifs is 2. The fraction of sp³-hybridized carbons (Fsp3) is 0.268. The van der Waals surface area contributed by atoms with Gasteiger partial charge >= 0.3 is 5.97 Å². The zero-order chi connectivity index (χ0) is 44.0. The van der Waals surface area contributed by atoms with Crippen LogP contribution in [-0.2, 0) is 25.2 Å². The largest absolute Gasteiger partial charge is 0.481 e. The molecule has 1 N–H and O–H groups in total. The van der Waals surface area contributed by atoms with Gasteiger partial charge < -0.3 is 19.5 Å². The molecule has 0 atom stereocenters. The third kappa shape index (κ3) is 8.96. The zero-order valence-electron chi connectivity index (χ0n) is 36.8. The van der Waals surface area contributed by atoms with E-state index in [4.69, 9.17) is 9.47 Å². The number of benzene rings is 5. The summed E-state index contributed by atoms with van der Waals surface area (Å²) in [5, 5.41) is 9.50. The number of para-hydroxylation sites is 2. The van der Waals surface area contributed by atoms with E-state index < -0.39 is 5.97 Å². The maximum absolute atomic E-state index is 11.6. The summed E-state index contributed by atoms with van der Waals surface area (Å²) in [6, 6.07) is 44.5. The van der Waals surface area contributed by atoms with Crippen molar-refractivity contribution < 1.29 is 28.7 Å². The minimum atomic E-state index is -0.782. The van der Waals surface area contributed by atoms with Crippen LogP contribution in [0.4, 0.5) is 11.4 Å². The standard InChI is InChI=1S/C56H56N2O5/c1-55(2)47-23-10-12-25-49(47)57(36-15-27-53(60)61)51(55)34-30-42-19-14-20-43(31-35-52-56(3,4)48-24-11-13-26-50(48)58(52)37-16-38-62-39-59)54(42)63-44-32-28-41(29-33-44)46-22-9-8-21-45(46)40-17-6-5-7-18-40/h5-13,17-18,21-26,28-35,39H,14-16,19-20,27,36-38H2,1-4H3/p+1. The quantitative estimate of drug-likeness (QED) is 0.0606. The molecule has 8 rings (SSSR count). The predicted molar refractivity (Wildman–Crippen MR) is 254 cm³/mol. The Morgan fingerprint density at radius 1 is 0.730 bits per heavy atom. The van der Waals surface area contributed by atoms with Gasteiger partial charge in [-0.3, -0.25) is 9.59 Å². The van der Waals surface area contributed by atoms with E-state index in [9.17, 15) is 14.7 Å². The maximum atomic E-state index is 11.6. The molecule has 7 nitrogen and oxygen atoms in total. The molecule has 320 valence electrons. The number of ether oxygens (including phenoxy) is 2. The number of anilines is 1. The second kappa shape index (κ2) is 18.7. The number of carboxylic acids is 1. The van der Waals surface area contributed by atoms with Gasteiger partial charge in [0.05, 0.1) is 12.0 Å². The summed E-state index contributed by atoms with van der Waals surface area (Å²) in [4.78, 5) is 24.8. The summed E-state index contributed by atoms with van der Waals surface area (Å²) < 4.78 is 14.5. The number of allylic oxidation sites excluding steroid dienone is 7. The zero-order valence-corrected chi connectivity index (χ0v) is 36.8. The van der Waals surface area contributed by atoms with Crippen LogP contribution in [0.1, 0.15) is 77.3 Å². The summed E-state index contributed by atoms with van der Waals surface area (Å²) in [5.74, 6) is 0.840. The molecule has 7 heteroatoms. The smallest absolute Gasteiger partial charge is 0.303 e. The molecule has 0 saturated heterocycles. The van der Waals surface area contributed by atoms with Crippen LogP contribution in [0, 0.1) is 0 Å². The highest BCUT2D eigenvalue weighted by atomic mass is 16.5. The number of carbonyl (C=O) groups excluding carboxylic acids is 1. The highest BCUT2D eigenvalue weighted by Crippen LogP contribution is 2.48.